The summed E-state index contributed by atoms with van der Waals surface area (Å²) in [5.74, 6) is 2.91. The van der Waals surface area contributed by atoms with Gasteiger partial charge in [-0.05, 0) is 49.4 Å². The van der Waals surface area contributed by atoms with Crippen molar-refractivity contribution in [3.8, 4) is 0 Å². The third kappa shape index (κ3) is 21.5. The molecule has 0 fully saturated rings. The van der Waals surface area contributed by atoms with Gasteiger partial charge in [-0.3, -0.25) is 0 Å². The molecule has 0 unspecified atom stereocenters. The summed E-state index contributed by atoms with van der Waals surface area (Å²) in [6.45, 7) is 45.0. The zero-order valence-corrected chi connectivity index (χ0v) is 55.6. The summed E-state index contributed by atoms with van der Waals surface area (Å²) in [4.78, 5) is 0. The maximum atomic E-state index is 2.32. The summed E-state index contributed by atoms with van der Waals surface area (Å²) in [5, 5.41) is 11.6. The Balaban J connectivity index is 0.000000439. The van der Waals surface area contributed by atoms with Crippen molar-refractivity contribution < 1.29 is 71.5 Å². The van der Waals surface area contributed by atoms with Gasteiger partial charge in [-0.1, -0.05) is 157 Å². The molecule has 8 aromatic carbocycles. The first-order valence-electron chi connectivity index (χ1n) is 25.4. The summed E-state index contributed by atoms with van der Waals surface area (Å²) >= 11 is 3.48. The average Bonchev–Trinajstić information content (AvgIpc) is 4.02. The van der Waals surface area contributed by atoms with E-state index in [1.807, 2.05) is 0 Å². The SMILES string of the molecule is C[Si](C)=[Zr+2].C[Si](C)=[Zr+2].Cc1cc2c(CC(C)C)ccc(C)c2[cH-]1.Cc1cc2c(CC(C)C)ccc(C)c2[cH-]1.Cc1cc2c(CC(C)C)ccc(C)c2[cH-]1.Cc1cc2c(CC(C)C)ccc(C)c2[cH-]1.[Cl-].[Cl-]. The topological polar surface area (TPSA) is 0 Å². The van der Waals surface area contributed by atoms with E-state index in [1.165, 1.54) is 136 Å². The molecular weight excluding hydrogens is 1080 g/mol. The molecule has 8 rings (SSSR count). The molecule has 0 nitrogen and oxygen atoms in total. The van der Waals surface area contributed by atoms with Crippen molar-refractivity contribution in [2.75, 3.05) is 0 Å². The number of rotatable bonds is 8. The van der Waals surface area contributed by atoms with Crippen LogP contribution in [0.15, 0.2) is 97.1 Å². The van der Waals surface area contributed by atoms with Gasteiger partial charge in [0, 0.05) is 0 Å². The Labute approximate surface area is 471 Å². The normalized spacial score (nSPS) is 10.7. The van der Waals surface area contributed by atoms with Gasteiger partial charge in [0.05, 0.1) is 0 Å². The van der Waals surface area contributed by atoms with Gasteiger partial charge in [-0.25, -0.2) is 0 Å². The van der Waals surface area contributed by atoms with E-state index in [4.69, 9.17) is 0 Å². The van der Waals surface area contributed by atoms with Crippen LogP contribution in [0.5, 0.6) is 0 Å². The standard InChI is InChI=1S/4C15H19.2C2H6Si.2ClH.2Zr/c4*1-10(2)7-13-6-5-12(4)14-8-11(3)9-15(13)14;2*1-3-2;;;;/h4*5-6,8-10H,7H2,1-4H3;2*1-2H3;2*1H;;/q4*-1;;;;;2*+2/p-2. The first-order chi connectivity index (χ1) is 31.8. The van der Waals surface area contributed by atoms with Crippen LogP contribution in [0.3, 0.4) is 0 Å². The first kappa shape index (κ1) is 66.1. The van der Waals surface area contributed by atoms with Crippen LogP contribution in [0, 0.1) is 79.1 Å². The van der Waals surface area contributed by atoms with Crippen molar-refractivity contribution in [3.63, 3.8) is 0 Å². The molecule has 0 spiro atoms. The van der Waals surface area contributed by atoms with E-state index in [0.29, 0.717) is 0 Å². The molecule has 6 heteroatoms. The Bertz CT molecular complexity index is 2480. The zero-order chi connectivity index (χ0) is 51.2. The Morgan fingerprint density at radius 3 is 0.643 bits per heavy atom. The minimum absolute atomic E-state index is 0. The minimum Gasteiger partial charge on any atom is -1.00 e. The second-order valence-corrected chi connectivity index (χ2v) is 40.7. The second kappa shape index (κ2) is 31.7. The molecule has 0 saturated carbocycles. The predicted octanol–water partition coefficient (Wildman–Crippen LogP) is 13.1. The molecule has 0 aliphatic rings. The maximum Gasteiger partial charge on any atom is -0.0345 e. The van der Waals surface area contributed by atoms with Crippen LogP contribution >= 0.6 is 0 Å². The van der Waals surface area contributed by atoms with Crippen LogP contribution in [-0.2, 0) is 72.4 Å². The molecule has 8 aromatic rings. The van der Waals surface area contributed by atoms with Gasteiger partial charge in [0.2, 0.25) is 0 Å². The molecule has 0 radical (unpaired) electrons. The number of aryl methyl sites for hydroxylation is 8. The Kier molecular flexibility index (Phi) is 30.0. The monoisotopic (exact) mass is 1160 g/mol. The van der Waals surface area contributed by atoms with Crippen molar-refractivity contribution in [1.29, 1.82) is 0 Å². The van der Waals surface area contributed by atoms with E-state index in [-0.39, 0.29) is 35.7 Å². The number of fused-ring (bicyclic) bond motifs is 4. The molecule has 0 saturated heterocycles. The largest absolute Gasteiger partial charge is 1.00 e. The van der Waals surface area contributed by atoms with Gasteiger partial charge in [0.1, 0.15) is 0 Å². The van der Waals surface area contributed by atoms with E-state index in [2.05, 4.69) is 234 Å². The van der Waals surface area contributed by atoms with Crippen LogP contribution in [0.4, 0.5) is 0 Å². The molecule has 0 atom stereocenters. The Hall–Kier alpha value is -1.90. The van der Waals surface area contributed by atoms with Gasteiger partial charge < -0.3 is 24.8 Å². The minimum atomic E-state index is 0. The van der Waals surface area contributed by atoms with Crippen molar-refractivity contribution >= 4 is 54.0 Å². The number of benzene rings is 4. The average molecular weight is 1170 g/mol. The molecule has 376 valence electrons. The summed E-state index contributed by atoms with van der Waals surface area (Å²) in [5.41, 5.74) is 17.5. The van der Waals surface area contributed by atoms with Crippen LogP contribution in [-0.4, -0.2) is 10.9 Å². The second-order valence-electron chi connectivity index (χ2n) is 22.0. The molecular formula is C64H88Cl2Si2Zr2-2. The van der Waals surface area contributed by atoms with Gasteiger partial charge >= 0.3 is 83.7 Å². The summed E-state index contributed by atoms with van der Waals surface area (Å²) < 4.78 is 0. The smallest absolute Gasteiger partial charge is 0.0345 e. The van der Waals surface area contributed by atoms with Crippen LogP contribution < -0.4 is 24.8 Å². The zero-order valence-electron chi connectivity index (χ0n) is 47.1. The molecule has 0 bridgehead atoms. The van der Waals surface area contributed by atoms with E-state index in [9.17, 15) is 0 Å². The Morgan fingerprint density at radius 2 is 0.500 bits per heavy atom. The van der Waals surface area contributed by atoms with E-state index in [1.54, 1.807) is 46.7 Å². The van der Waals surface area contributed by atoms with E-state index < -0.39 is 0 Å². The summed E-state index contributed by atoms with van der Waals surface area (Å²) in [6, 6.07) is 36.6. The van der Waals surface area contributed by atoms with Crippen LogP contribution in [0.2, 0.25) is 26.2 Å². The van der Waals surface area contributed by atoms with Crippen molar-refractivity contribution in [2.24, 2.45) is 23.7 Å². The molecule has 0 aliphatic heterocycles. The van der Waals surface area contributed by atoms with E-state index in [0.717, 1.165) is 23.7 Å². The fourth-order valence-corrected chi connectivity index (χ4v) is 9.07. The van der Waals surface area contributed by atoms with E-state index >= 15 is 0 Å². The third-order valence-electron chi connectivity index (χ3n) is 11.9. The quantitative estimate of drug-likeness (QED) is 0.105. The number of hydrogen-bond donors (Lipinski definition) is 0. The van der Waals surface area contributed by atoms with Gasteiger partial charge in [-0.15, -0.1) is 136 Å². The van der Waals surface area contributed by atoms with Gasteiger partial charge in [-0.2, -0.15) is 24.3 Å². The fraction of sp³-hybridized carbons (Fsp3) is 0.438. The van der Waals surface area contributed by atoms with Crippen LogP contribution in [0.25, 0.3) is 43.1 Å². The summed E-state index contributed by atoms with van der Waals surface area (Å²) in [7, 11) is 0. The third-order valence-corrected chi connectivity index (χ3v) is 11.9. The summed E-state index contributed by atoms with van der Waals surface area (Å²) in [6.07, 6.45) is 4.72. The Morgan fingerprint density at radius 1 is 0.343 bits per heavy atom. The molecule has 0 heterocycles. The molecule has 0 aliphatic carbocycles. The molecule has 70 heavy (non-hydrogen) atoms. The number of halogens is 2. The molecule has 0 amide bonds. The fourth-order valence-electron chi connectivity index (χ4n) is 9.07. The van der Waals surface area contributed by atoms with Gasteiger partial charge in [0.15, 0.2) is 0 Å². The van der Waals surface area contributed by atoms with Crippen molar-refractivity contribution in [1.82, 2.24) is 0 Å². The van der Waals surface area contributed by atoms with Crippen molar-refractivity contribution in [3.05, 3.63) is 164 Å². The maximum absolute atomic E-state index is 2.32. The van der Waals surface area contributed by atoms with Crippen molar-refractivity contribution in [2.45, 2.75) is 163 Å². The molecule has 0 N–H and O–H groups in total. The predicted molar refractivity (Wildman–Crippen MR) is 305 cm³/mol. The number of hydrogen-bond acceptors (Lipinski definition) is 0. The first-order valence-corrected chi connectivity index (χ1v) is 37.8. The molecule has 0 aromatic heterocycles. The van der Waals surface area contributed by atoms with Crippen LogP contribution in [0.1, 0.15) is 122 Å². The van der Waals surface area contributed by atoms with Gasteiger partial charge in [0.25, 0.3) is 0 Å².